The van der Waals surface area contributed by atoms with E-state index < -0.39 is 0 Å². The largest absolute Gasteiger partial charge is 0.369 e. The molecule has 3 heterocycles. The molecule has 1 aromatic carbocycles. The highest BCUT2D eigenvalue weighted by atomic mass is 127. The number of nitrogens with zero attached hydrogens (tertiary/aromatic N) is 5. The summed E-state index contributed by atoms with van der Waals surface area (Å²) in [6, 6.07) is 14.3. The molecular formula is C24H35FIN7. The van der Waals surface area contributed by atoms with Crippen molar-refractivity contribution in [3.05, 3.63) is 54.5 Å². The van der Waals surface area contributed by atoms with Crippen LogP contribution in [0.25, 0.3) is 0 Å². The summed E-state index contributed by atoms with van der Waals surface area (Å²) in [6.45, 7) is 8.78. The van der Waals surface area contributed by atoms with Crippen LogP contribution in [-0.4, -0.2) is 80.8 Å². The second kappa shape index (κ2) is 12.4. The van der Waals surface area contributed by atoms with Gasteiger partial charge in [0.1, 0.15) is 0 Å². The molecule has 0 bridgehead atoms. The van der Waals surface area contributed by atoms with Crippen LogP contribution in [0.5, 0.6) is 0 Å². The molecule has 2 fully saturated rings. The lowest BCUT2D eigenvalue weighted by Gasteiger charge is -2.39. The van der Waals surface area contributed by atoms with Gasteiger partial charge in [-0.2, -0.15) is 0 Å². The first kappa shape index (κ1) is 25.5. The van der Waals surface area contributed by atoms with Crippen LogP contribution in [0.4, 0.5) is 15.9 Å². The summed E-state index contributed by atoms with van der Waals surface area (Å²) in [7, 11) is 1.80. The number of rotatable bonds is 6. The summed E-state index contributed by atoms with van der Waals surface area (Å²) >= 11 is 0. The molecule has 7 nitrogen and oxygen atoms in total. The number of guanidine groups is 1. The number of hydrogen-bond donors (Lipinski definition) is 2. The zero-order chi connectivity index (χ0) is 22.3. The first-order valence-corrected chi connectivity index (χ1v) is 11.5. The van der Waals surface area contributed by atoms with E-state index in [2.05, 4.69) is 67.7 Å². The topological polar surface area (TPSA) is 59.0 Å². The molecule has 2 N–H and O–H groups in total. The average molecular weight is 567 g/mol. The number of piperazine rings is 1. The molecule has 0 spiro atoms. The van der Waals surface area contributed by atoms with Gasteiger partial charge in [0, 0.05) is 76.8 Å². The van der Waals surface area contributed by atoms with E-state index >= 15 is 0 Å². The molecule has 2 saturated heterocycles. The van der Waals surface area contributed by atoms with Crippen molar-refractivity contribution in [1.29, 1.82) is 0 Å². The zero-order valence-corrected chi connectivity index (χ0v) is 21.8. The molecule has 9 heteroatoms. The van der Waals surface area contributed by atoms with E-state index in [4.69, 9.17) is 0 Å². The summed E-state index contributed by atoms with van der Waals surface area (Å²) in [5, 5.41) is 6.97. The van der Waals surface area contributed by atoms with Crippen molar-refractivity contribution in [1.82, 2.24) is 20.5 Å². The van der Waals surface area contributed by atoms with Crippen LogP contribution in [0.15, 0.2) is 53.7 Å². The first-order valence-electron chi connectivity index (χ1n) is 11.5. The molecule has 33 heavy (non-hydrogen) atoms. The van der Waals surface area contributed by atoms with E-state index in [-0.39, 0.29) is 35.8 Å². The Bertz CT molecular complexity index is 889. The number of aromatic nitrogens is 1. The van der Waals surface area contributed by atoms with Crippen molar-refractivity contribution < 1.29 is 4.39 Å². The third-order valence-electron chi connectivity index (χ3n) is 6.42. The van der Waals surface area contributed by atoms with Crippen LogP contribution in [-0.2, 0) is 0 Å². The predicted molar refractivity (Wildman–Crippen MR) is 144 cm³/mol. The Kier molecular flexibility index (Phi) is 9.54. The SMILES string of the molecule is CN=C(NCC(C)N1CCN(c2ccccc2)CC1)NC1CCN(c2ncccc2F)C1.I. The maximum Gasteiger partial charge on any atom is 0.191 e. The number of benzene rings is 1. The molecule has 0 amide bonds. The fourth-order valence-electron chi connectivity index (χ4n) is 4.50. The van der Waals surface area contributed by atoms with Crippen molar-refractivity contribution in [2.24, 2.45) is 4.99 Å². The number of pyridine rings is 1. The number of para-hydroxylation sites is 1. The van der Waals surface area contributed by atoms with Gasteiger partial charge in [-0.3, -0.25) is 9.89 Å². The van der Waals surface area contributed by atoms with Crippen LogP contribution in [0.2, 0.25) is 0 Å². The molecule has 4 rings (SSSR count). The summed E-state index contributed by atoms with van der Waals surface area (Å²) in [4.78, 5) is 15.6. The monoisotopic (exact) mass is 567 g/mol. The Balaban J connectivity index is 0.00000306. The van der Waals surface area contributed by atoms with Gasteiger partial charge in [0.25, 0.3) is 0 Å². The third kappa shape index (κ3) is 6.69. The summed E-state index contributed by atoms with van der Waals surface area (Å²) in [6.07, 6.45) is 2.56. The molecule has 0 saturated carbocycles. The van der Waals surface area contributed by atoms with Crippen LogP contribution in [0.3, 0.4) is 0 Å². The Hall–Kier alpha value is -2.14. The standard InChI is InChI=1S/C24H34FN7.HI/c1-19(30-13-15-31(16-14-30)21-7-4-3-5-8-21)17-28-24(26-2)29-20-10-12-32(18-20)23-22(25)9-6-11-27-23;/h3-9,11,19-20H,10,12-18H2,1-2H3,(H2,26,28,29);1H. The lowest BCUT2D eigenvalue weighted by Crippen LogP contribution is -2.54. The van der Waals surface area contributed by atoms with Crippen molar-refractivity contribution in [2.45, 2.75) is 25.4 Å². The Labute approximate surface area is 213 Å². The fraction of sp³-hybridized carbons (Fsp3) is 0.500. The van der Waals surface area contributed by atoms with Crippen molar-refractivity contribution in [2.75, 3.05) is 62.7 Å². The van der Waals surface area contributed by atoms with Crippen molar-refractivity contribution in [3.63, 3.8) is 0 Å². The maximum absolute atomic E-state index is 14.0. The second-order valence-electron chi connectivity index (χ2n) is 8.55. The lowest BCUT2D eigenvalue weighted by molar-refractivity contribution is 0.197. The minimum atomic E-state index is -0.267. The minimum absolute atomic E-state index is 0. The van der Waals surface area contributed by atoms with Crippen LogP contribution < -0.4 is 20.4 Å². The van der Waals surface area contributed by atoms with Crippen molar-refractivity contribution >= 4 is 41.4 Å². The predicted octanol–water partition coefficient (Wildman–Crippen LogP) is 2.79. The van der Waals surface area contributed by atoms with Gasteiger partial charge in [0.15, 0.2) is 17.6 Å². The van der Waals surface area contributed by atoms with E-state index in [1.807, 2.05) is 4.90 Å². The van der Waals surface area contributed by atoms with E-state index in [0.29, 0.717) is 18.4 Å². The quantitative estimate of drug-likeness (QED) is 0.318. The molecule has 2 aliphatic rings. The van der Waals surface area contributed by atoms with Gasteiger partial charge in [0.2, 0.25) is 0 Å². The summed E-state index contributed by atoms with van der Waals surface area (Å²) < 4.78 is 14.0. The number of aliphatic imine (C=N–C) groups is 1. The molecule has 2 atom stereocenters. The van der Waals surface area contributed by atoms with Gasteiger partial charge >= 0.3 is 0 Å². The van der Waals surface area contributed by atoms with E-state index in [1.165, 1.54) is 11.8 Å². The highest BCUT2D eigenvalue weighted by Crippen LogP contribution is 2.21. The maximum atomic E-state index is 14.0. The Morgan fingerprint density at radius 2 is 1.85 bits per heavy atom. The van der Waals surface area contributed by atoms with Crippen LogP contribution >= 0.6 is 24.0 Å². The fourth-order valence-corrected chi connectivity index (χ4v) is 4.50. The molecule has 180 valence electrons. The molecule has 2 aliphatic heterocycles. The number of anilines is 2. The summed E-state index contributed by atoms with van der Waals surface area (Å²) in [5.74, 6) is 0.966. The molecule has 1 aromatic heterocycles. The van der Waals surface area contributed by atoms with Gasteiger partial charge in [-0.25, -0.2) is 9.37 Å². The number of hydrogen-bond acceptors (Lipinski definition) is 5. The van der Waals surface area contributed by atoms with E-state index in [9.17, 15) is 4.39 Å². The Morgan fingerprint density at radius 3 is 2.55 bits per heavy atom. The molecular weight excluding hydrogens is 532 g/mol. The highest BCUT2D eigenvalue weighted by Gasteiger charge is 2.26. The molecule has 2 aromatic rings. The van der Waals surface area contributed by atoms with Crippen LogP contribution in [0.1, 0.15) is 13.3 Å². The normalized spacial score (nSPS) is 20.3. The van der Waals surface area contributed by atoms with Crippen LogP contribution in [0, 0.1) is 5.82 Å². The van der Waals surface area contributed by atoms with Gasteiger partial charge in [-0.1, -0.05) is 18.2 Å². The van der Waals surface area contributed by atoms with Gasteiger partial charge < -0.3 is 20.4 Å². The second-order valence-corrected chi connectivity index (χ2v) is 8.55. The first-order chi connectivity index (χ1) is 15.6. The lowest BCUT2D eigenvalue weighted by atomic mass is 10.2. The highest BCUT2D eigenvalue weighted by molar-refractivity contribution is 14.0. The number of nitrogens with one attached hydrogen (secondary N) is 2. The summed E-state index contributed by atoms with van der Waals surface area (Å²) in [5.41, 5.74) is 1.30. The van der Waals surface area contributed by atoms with E-state index in [0.717, 1.165) is 51.6 Å². The van der Waals surface area contributed by atoms with Gasteiger partial charge in [-0.15, -0.1) is 24.0 Å². The average Bonchev–Trinajstić information content (AvgIpc) is 3.30. The third-order valence-corrected chi connectivity index (χ3v) is 6.42. The molecule has 0 aliphatic carbocycles. The molecule has 2 unspecified atom stereocenters. The Morgan fingerprint density at radius 1 is 1.09 bits per heavy atom. The van der Waals surface area contributed by atoms with E-state index in [1.54, 1.807) is 19.3 Å². The van der Waals surface area contributed by atoms with Gasteiger partial charge in [-0.05, 0) is 37.6 Å². The van der Waals surface area contributed by atoms with Gasteiger partial charge in [0.05, 0.1) is 0 Å². The molecule has 0 radical (unpaired) electrons. The minimum Gasteiger partial charge on any atom is -0.369 e. The smallest absolute Gasteiger partial charge is 0.191 e. The van der Waals surface area contributed by atoms with Crippen molar-refractivity contribution in [3.8, 4) is 0 Å². The number of halogens is 2. The zero-order valence-electron chi connectivity index (χ0n) is 19.5.